The molecular formula is C32H36O2Si. The van der Waals surface area contributed by atoms with Crippen LogP contribution in [0.1, 0.15) is 65.4 Å². The minimum absolute atomic E-state index is 0.112. The Balaban J connectivity index is 1.78. The first-order valence-corrected chi connectivity index (χ1v) is 16.0. The first kappa shape index (κ1) is 24.9. The normalized spacial score (nSPS) is 15.3. The second-order valence-electron chi connectivity index (χ2n) is 11.0. The molecule has 0 unspecified atom stereocenters. The summed E-state index contributed by atoms with van der Waals surface area (Å²) in [6, 6.07) is 25.5. The molecule has 1 aliphatic rings. The molecule has 0 saturated carbocycles. The highest BCUT2D eigenvalue weighted by Gasteiger charge is 2.29. The van der Waals surface area contributed by atoms with Crippen LogP contribution in [0.15, 0.2) is 78.9 Å². The van der Waals surface area contributed by atoms with E-state index in [0.717, 1.165) is 6.42 Å². The summed E-state index contributed by atoms with van der Waals surface area (Å²) in [5.74, 6) is -0.268. The molecule has 2 nitrogen and oxygen atoms in total. The fraction of sp³-hybridized carbons (Fsp3) is 0.281. The van der Waals surface area contributed by atoms with Crippen LogP contribution >= 0.6 is 0 Å². The Kier molecular flexibility index (Phi) is 7.00. The van der Waals surface area contributed by atoms with Gasteiger partial charge in [-0.05, 0) is 70.3 Å². The highest BCUT2D eigenvalue weighted by molar-refractivity contribution is 6.94. The maximum absolute atomic E-state index is 12.1. The van der Waals surface area contributed by atoms with E-state index in [1.165, 1.54) is 38.6 Å². The minimum Gasteiger partial charge on any atom is -0.462 e. The fourth-order valence-corrected chi connectivity index (χ4v) is 6.47. The van der Waals surface area contributed by atoms with Crippen molar-refractivity contribution in [2.75, 3.05) is 6.61 Å². The summed E-state index contributed by atoms with van der Waals surface area (Å²) in [6.07, 6.45) is 5.79. The van der Waals surface area contributed by atoms with E-state index in [1.807, 2.05) is 19.1 Å². The number of rotatable bonds is 6. The van der Waals surface area contributed by atoms with E-state index < -0.39 is 8.07 Å². The quantitative estimate of drug-likeness (QED) is 0.201. The van der Waals surface area contributed by atoms with Gasteiger partial charge in [0.2, 0.25) is 0 Å². The summed E-state index contributed by atoms with van der Waals surface area (Å²) in [6.45, 7) is 14.0. The van der Waals surface area contributed by atoms with Crippen molar-refractivity contribution in [3.63, 3.8) is 0 Å². The van der Waals surface area contributed by atoms with E-state index in [-0.39, 0.29) is 11.4 Å². The fourth-order valence-electron chi connectivity index (χ4n) is 4.83. The summed E-state index contributed by atoms with van der Waals surface area (Å²) >= 11 is 0. The molecule has 3 aromatic rings. The van der Waals surface area contributed by atoms with Crippen LogP contribution in [0.2, 0.25) is 19.6 Å². The zero-order valence-electron chi connectivity index (χ0n) is 21.8. The van der Waals surface area contributed by atoms with Crippen molar-refractivity contribution in [1.29, 1.82) is 0 Å². The topological polar surface area (TPSA) is 26.3 Å². The van der Waals surface area contributed by atoms with Gasteiger partial charge >= 0.3 is 5.97 Å². The highest BCUT2D eigenvalue weighted by atomic mass is 28.3. The molecule has 4 rings (SSSR count). The summed E-state index contributed by atoms with van der Waals surface area (Å²) in [7, 11) is -1.68. The van der Waals surface area contributed by atoms with Gasteiger partial charge in [-0.25, -0.2) is 4.79 Å². The first-order valence-electron chi connectivity index (χ1n) is 12.5. The molecule has 0 aromatic heterocycles. The molecule has 0 atom stereocenters. The molecule has 0 fully saturated rings. The Bertz CT molecular complexity index is 1270. The number of hydrogen-bond donors (Lipinski definition) is 0. The Morgan fingerprint density at radius 1 is 0.943 bits per heavy atom. The van der Waals surface area contributed by atoms with Crippen molar-refractivity contribution in [1.82, 2.24) is 0 Å². The van der Waals surface area contributed by atoms with E-state index in [1.54, 1.807) is 0 Å². The SMILES string of the molecule is CCOC(=O)c1ccc(C(=Cc2ccc3c(c2)C(c2ccccc2)=CCC3(C)C)[Si](C)(C)C)cc1. The van der Waals surface area contributed by atoms with E-state index in [4.69, 9.17) is 4.74 Å². The Labute approximate surface area is 211 Å². The molecule has 0 heterocycles. The lowest BCUT2D eigenvalue weighted by Crippen LogP contribution is -2.23. The maximum Gasteiger partial charge on any atom is 0.338 e. The standard InChI is InChI=1S/C32H36O2Si/c1-7-34-31(33)26-16-14-25(15-17-26)30(35(4,5)6)22-23-13-18-29-28(21-23)27(19-20-32(29,2)3)24-11-9-8-10-12-24/h8-19,21-22H,7,20H2,1-6H3. The van der Waals surface area contributed by atoms with Crippen molar-refractivity contribution >= 4 is 30.9 Å². The monoisotopic (exact) mass is 480 g/mol. The lowest BCUT2D eigenvalue weighted by atomic mass is 9.72. The largest absolute Gasteiger partial charge is 0.462 e. The molecule has 0 N–H and O–H groups in total. The Morgan fingerprint density at radius 3 is 2.23 bits per heavy atom. The number of ether oxygens (including phenoxy) is 1. The number of benzene rings is 3. The van der Waals surface area contributed by atoms with Crippen LogP contribution < -0.4 is 0 Å². The lowest BCUT2D eigenvalue weighted by molar-refractivity contribution is 0.0526. The van der Waals surface area contributed by atoms with Crippen LogP contribution in [-0.4, -0.2) is 20.7 Å². The van der Waals surface area contributed by atoms with Gasteiger partial charge in [0, 0.05) is 0 Å². The molecule has 1 aliphatic carbocycles. The molecule has 3 aromatic carbocycles. The zero-order valence-corrected chi connectivity index (χ0v) is 22.8. The molecule has 0 bridgehead atoms. The van der Waals surface area contributed by atoms with Crippen LogP contribution in [-0.2, 0) is 10.2 Å². The minimum atomic E-state index is -1.68. The molecule has 0 amide bonds. The summed E-state index contributed by atoms with van der Waals surface area (Å²) < 4.78 is 5.16. The smallest absolute Gasteiger partial charge is 0.338 e. The number of carbonyl (C=O) groups excluding carboxylic acids is 1. The second-order valence-corrected chi connectivity index (χ2v) is 16.0. The van der Waals surface area contributed by atoms with Crippen molar-refractivity contribution < 1.29 is 9.53 Å². The van der Waals surface area contributed by atoms with Gasteiger partial charge in [0.05, 0.1) is 20.2 Å². The van der Waals surface area contributed by atoms with E-state index in [0.29, 0.717) is 12.2 Å². The van der Waals surface area contributed by atoms with Gasteiger partial charge < -0.3 is 4.74 Å². The van der Waals surface area contributed by atoms with Crippen molar-refractivity contribution in [2.45, 2.75) is 52.2 Å². The maximum atomic E-state index is 12.1. The third-order valence-corrected chi connectivity index (χ3v) is 8.84. The first-order chi connectivity index (χ1) is 16.6. The van der Waals surface area contributed by atoms with Gasteiger partial charge in [0.15, 0.2) is 0 Å². The van der Waals surface area contributed by atoms with Crippen LogP contribution in [0.25, 0.3) is 16.8 Å². The van der Waals surface area contributed by atoms with Gasteiger partial charge in [-0.1, -0.05) is 105 Å². The lowest BCUT2D eigenvalue weighted by Gasteiger charge is -2.32. The number of hydrogen-bond acceptors (Lipinski definition) is 2. The second kappa shape index (κ2) is 9.83. The van der Waals surface area contributed by atoms with Crippen LogP contribution in [0.3, 0.4) is 0 Å². The summed E-state index contributed by atoms with van der Waals surface area (Å²) in [5.41, 5.74) is 8.43. The predicted molar refractivity (Wildman–Crippen MR) is 151 cm³/mol. The number of allylic oxidation sites excluding steroid dienone is 1. The summed E-state index contributed by atoms with van der Waals surface area (Å²) in [5, 5.41) is 1.37. The van der Waals surface area contributed by atoms with E-state index in [2.05, 4.69) is 106 Å². The van der Waals surface area contributed by atoms with E-state index in [9.17, 15) is 4.79 Å². The number of fused-ring (bicyclic) bond motifs is 1. The third-order valence-electron chi connectivity index (χ3n) is 6.79. The van der Waals surface area contributed by atoms with Gasteiger partial charge in [0.1, 0.15) is 0 Å². The highest BCUT2D eigenvalue weighted by Crippen LogP contribution is 2.42. The molecule has 0 saturated heterocycles. The van der Waals surface area contributed by atoms with Gasteiger partial charge in [-0.15, -0.1) is 0 Å². The number of carbonyl (C=O) groups is 1. The predicted octanol–water partition coefficient (Wildman–Crippen LogP) is 8.39. The Morgan fingerprint density at radius 2 is 1.60 bits per heavy atom. The van der Waals surface area contributed by atoms with Crippen molar-refractivity contribution in [3.8, 4) is 0 Å². The van der Waals surface area contributed by atoms with E-state index >= 15 is 0 Å². The molecule has 0 spiro atoms. The van der Waals surface area contributed by atoms with Crippen LogP contribution in [0.4, 0.5) is 0 Å². The molecule has 35 heavy (non-hydrogen) atoms. The molecular weight excluding hydrogens is 444 g/mol. The Hall–Kier alpha value is -3.17. The van der Waals surface area contributed by atoms with Crippen LogP contribution in [0.5, 0.6) is 0 Å². The molecule has 180 valence electrons. The zero-order chi connectivity index (χ0) is 25.2. The van der Waals surface area contributed by atoms with Gasteiger partial charge in [0.25, 0.3) is 0 Å². The van der Waals surface area contributed by atoms with Crippen molar-refractivity contribution in [3.05, 3.63) is 112 Å². The molecule has 0 radical (unpaired) electrons. The number of esters is 1. The van der Waals surface area contributed by atoms with Crippen LogP contribution in [0, 0.1) is 0 Å². The molecule has 0 aliphatic heterocycles. The summed E-state index contributed by atoms with van der Waals surface area (Å²) in [4.78, 5) is 12.1. The third kappa shape index (κ3) is 5.41. The average molecular weight is 481 g/mol. The average Bonchev–Trinajstić information content (AvgIpc) is 2.82. The van der Waals surface area contributed by atoms with Gasteiger partial charge in [-0.2, -0.15) is 0 Å². The molecule has 3 heteroatoms. The van der Waals surface area contributed by atoms with Gasteiger partial charge in [-0.3, -0.25) is 0 Å². The van der Waals surface area contributed by atoms with Crippen molar-refractivity contribution in [2.24, 2.45) is 0 Å².